The highest BCUT2D eigenvalue weighted by Crippen LogP contribution is 2.60. The lowest BCUT2D eigenvalue weighted by atomic mass is 9.50. The van der Waals surface area contributed by atoms with Gasteiger partial charge in [0, 0.05) is 18.2 Å². The van der Waals surface area contributed by atoms with Gasteiger partial charge >= 0.3 is 5.97 Å². The molecule has 180 valence electrons. The van der Waals surface area contributed by atoms with Crippen LogP contribution in [0.4, 0.5) is 11.4 Å². The molecule has 4 bridgehead atoms. The summed E-state index contributed by atoms with van der Waals surface area (Å²) in [4.78, 5) is 37.2. The van der Waals surface area contributed by atoms with Crippen LogP contribution in [0.1, 0.15) is 62.7 Å². The van der Waals surface area contributed by atoms with Crippen molar-refractivity contribution in [1.82, 2.24) is 15.1 Å². The molecule has 1 aromatic heterocycles. The molecule has 4 aliphatic carbocycles. The minimum atomic E-state index is -0.424. The average Bonchev–Trinajstić information content (AvgIpc) is 2.75. The monoisotopic (exact) mass is 484 g/mol. The summed E-state index contributed by atoms with van der Waals surface area (Å²) >= 11 is 6.55. The predicted octanol–water partition coefficient (Wildman–Crippen LogP) is 4.00. The Balaban J connectivity index is 1.41. The fraction of sp³-hybridized carbons (Fsp3) is 0.520. The van der Waals surface area contributed by atoms with Crippen LogP contribution < -0.4 is 16.2 Å². The van der Waals surface area contributed by atoms with Gasteiger partial charge in [-0.05, 0) is 81.5 Å². The van der Waals surface area contributed by atoms with E-state index in [1.807, 2.05) is 0 Å². The zero-order valence-corrected chi connectivity index (χ0v) is 20.2. The first-order chi connectivity index (χ1) is 16.2. The van der Waals surface area contributed by atoms with Crippen LogP contribution in [0, 0.1) is 11.8 Å². The number of esters is 1. The molecule has 1 amide bonds. The Morgan fingerprint density at radius 1 is 1.18 bits per heavy atom. The summed E-state index contributed by atoms with van der Waals surface area (Å²) < 4.78 is 6.59. The highest BCUT2D eigenvalue weighted by atomic mass is 35.5. The molecule has 0 aliphatic heterocycles. The average molecular weight is 485 g/mol. The highest BCUT2D eigenvalue weighted by molar-refractivity contribution is 6.33. The lowest BCUT2D eigenvalue weighted by Gasteiger charge is -2.61. The van der Waals surface area contributed by atoms with Gasteiger partial charge in [0.1, 0.15) is 5.02 Å². The second-order valence-electron chi connectivity index (χ2n) is 10.2. The van der Waals surface area contributed by atoms with E-state index in [2.05, 4.69) is 15.7 Å². The smallest absolute Gasteiger partial charge is 0.338 e. The number of rotatable bonds is 6. The van der Waals surface area contributed by atoms with Gasteiger partial charge in [0.15, 0.2) is 0 Å². The lowest BCUT2D eigenvalue weighted by molar-refractivity contribution is -0.128. The van der Waals surface area contributed by atoms with Crippen LogP contribution in [0.25, 0.3) is 0 Å². The number of carbonyl (C=O) groups is 2. The molecule has 9 heteroatoms. The van der Waals surface area contributed by atoms with E-state index in [1.54, 1.807) is 49.0 Å². The Bertz CT molecular complexity index is 1180. The van der Waals surface area contributed by atoms with Crippen LogP contribution in [-0.4, -0.2) is 33.8 Å². The maximum atomic E-state index is 13.4. The topological polar surface area (TPSA) is 102 Å². The molecule has 0 saturated heterocycles. The van der Waals surface area contributed by atoms with Crippen LogP contribution in [-0.2, 0) is 15.1 Å². The third kappa shape index (κ3) is 3.98. The van der Waals surface area contributed by atoms with Crippen molar-refractivity contribution in [2.45, 2.75) is 63.5 Å². The van der Waals surface area contributed by atoms with E-state index < -0.39 is 5.54 Å². The number of nitrogens with one attached hydrogen (secondary N) is 2. The molecule has 1 heterocycles. The van der Waals surface area contributed by atoms with Crippen molar-refractivity contribution in [3.8, 4) is 0 Å². The number of benzene rings is 1. The number of nitrogens with zero attached hydrogens (tertiary/aromatic N) is 2. The van der Waals surface area contributed by atoms with Crippen molar-refractivity contribution in [2.75, 3.05) is 11.9 Å². The molecular weight excluding hydrogens is 456 g/mol. The lowest BCUT2D eigenvalue weighted by Crippen LogP contribution is -2.67. The van der Waals surface area contributed by atoms with Crippen LogP contribution in [0.15, 0.2) is 35.3 Å². The summed E-state index contributed by atoms with van der Waals surface area (Å²) in [5.74, 6) is 0.528. The Hall–Kier alpha value is -2.87. The number of ether oxygens (including phenoxy) is 1. The van der Waals surface area contributed by atoms with E-state index >= 15 is 0 Å². The second kappa shape index (κ2) is 8.41. The third-order valence-corrected chi connectivity index (χ3v) is 7.88. The summed E-state index contributed by atoms with van der Waals surface area (Å²) in [5.41, 5.74) is 0.520. The molecule has 0 spiro atoms. The normalized spacial score (nSPS) is 29.0. The highest BCUT2D eigenvalue weighted by Gasteiger charge is 2.59. The number of hydrogen-bond acceptors (Lipinski definition) is 6. The van der Waals surface area contributed by atoms with E-state index in [1.165, 1.54) is 0 Å². The first-order valence-corrected chi connectivity index (χ1v) is 12.2. The molecule has 2 atom stereocenters. The molecule has 0 radical (unpaired) electrons. The van der Waals surface area contributed by atoms with Crippen molar-refractivity contribution in [1.29, 1.82) is 0 Å². The molecule has 6 rings (SSSR count). The molecule has 1 aromatic carbocycles. The van der Waals surface area contributed by atoms with Gasteiger partial charge in [-0.25, -0.2) is 9.48 Å². The molecule has 4 fully saturated rings. The van der Waals surface area contributed by atoms with Gasteiger partial charge in [-0.2, -0.15) is 5.10 Å². The van der Waals surface area contributed by atoms with Gasteiger partial charge < -0.3 is 15.4 Å². The summed E-state index contributed by atoms with van der Waals surface area (Å²) in [6, 6.07) is 6.76. The fourth-order valence-electron chi connectivity index (χ4n) is 6.90. The van der Waals surface area contributed by atoms with Crippen molar-refractivity contribution in [3.05, 3.63) is 51.4 Å². The molecule has 4 saturated carbocycles. The number of hydrogen-bond donors (Lipinski definition) is 2. The standard InChI is InChI=1S/C25H29ClN4O4/c1-3-34-23(33)18-4-6-19(7-5-18)28-20-13-27-30(22(32)21(20)26)25-11-16-8-17(12-25)10-24(9-16,14-25)29-15(2)31/h4-7,13,16-17,28H,3,8-12,14H2,1-2H3,(H,29,31). The van der Waals surface area contributed by atoms with Crippen molar-refractivity contribution in [2.24, 2.45) is 11.8 Å². The van der Waals surface area contributed by atoms with E-state index in [0.29, 0.717) is 41.8 Å². The van der Waals surface area contributed by atoms with Gasteiger partial charge in [-0.1, -0.05) is 11.6 Å². The summed E-state index contributed by atoms with van der Waals surface area (Å²) in [5, 5.41) is 11.0. The van der Waals surface area contributed by atoms with Crippen LogP contribution in [0.2, 0.25) is 5.02 Å². The quantitative estimate of drug-likeness (QED) is 0.601. The van der Waals surface area contributed by atoms with E-state index in [0.717, 1.165) is 32.1 Å². The van der Waals surface area contributed by atoms with Crippen molar-refractivity contribution in [3.63, 3.8) is 0 Å². The van der Waals surface area contributed by atoms with Crippen molar-refractivity contribution < 1.29 is 14.3 Å². The van der Waals surface area contributed by atoms with Crippen LogP contribution >= 0.6 is 11.6 Å². The molecular formula is C25H29ClN4O4. The van der Waals surface area contributed by atoms with E-state index in [9.17, 15) is 14.4 Å². The maximum absolute atomic E-state index is 13.4. The zero-order valence-electron chi connectivity index (χ0n) is 19.4. The SMILES string of the molecule is CCOC(=O)c1ccc(Nc2cnn(C34CC5CC(CC(NC(C)=O)(C5)C3)C4)c(=O)c2Cl)cc1. The largest absolute Gasteiger partial charge is 0.462 e. The maximum Gasteiger partial charge on any atom is 0.338 e. The molecule has 34 heavy (non-hydrogen) atoms. The Morgan fingerprint density at radius 2 is 1.85 bits per heavy atom. The van der Waals surface area contributed by atoms with Crippen LogP contribution in [0.3, 0.4) is 0 Å². The van der Waals surface area contributed by atoms with Gasteiger partial charge in [0.25, 0.3) is 5.56 Å². The number of anilines is 2. The molecule has 2 N–H and O–H groups in total. The number of aromatic nitrogens is 2. The number of carbonyl (C=O) groups excluding carboxylic acids is 2. The van der Waals surface area contributed by atoms with Gasteiger partial charge in [-0.3, -0.25) is 9.59 Å². The Morgan fingerprint density at radius 3 is 2.47 bits per heavy atom. The molecule has 8 nitrogen and oxygen atoms in total. The number of halogens is 1. The Labute approximate surface area is 203 Å². The third-order valence-electron chi connectivity index (χ3n) is 7.51. The summed E-state index contributed by atoms with van der Waals surface area (Å²) in [6.45, 7) is 3.63. The van der Waals surface area contributed by atoms with Crippen LogP contribution in [0.5, 0.6) is 0 Å². The molecule has 2 aromatic rings. The van der Waals surface area contributed by atoms with Gasteiger partial charge in [0.05, 0.1) is 29.6 Å². The Kier molecular flexibility index (Phi) is 5.67. The minimum Gasteiger partial charge on any atom is -0.462 e. The first kappa shape index (κ1) is 22.9. The fourth-order valence-corrected chi connectivity index (χ4v) is 7.08. The number of amides is 1. The molecule has 4 aliphatic rings. The second-order valence-corrected chi connectivity index (χ2v) is 10.5. The first-order valence-electron chi connectivity index (χ1n) is 11.8. The van der Waals surface area contributed by atoms with Gasteiger partial charge in [-0.15, -0.1) is 0 Å². The minimum absolute atomic E-state index is 0.0241. The van der Waals surface area contributed by atoms with Gasteiger partial charge in [0.2, 0.25) is 5.91 Å². The summed E-state index contributed by atoms with van der Waals surface area (Å²) in [7, 11) is 0. The van der Waals surface area contributed by atoms with E-state index in [-0.39, 0.29) is 28.0 Å². The predicted molar refractivity (Wildman–Crippen MR) is 128 cm³/mol. The zero-order chi connectivity index (χ0) is 24.1. The summed E-state index contributed by atoms with van der Waals surface area (Å²) in [6.07, 6.45) is 7.15. The van der Waals surface area contributed by atoms with E-state index in [4.69, 9.17) is 16.3 Å². The van der Waals surface area contributed by atoms with Crippen molar-refractivity contribution >= 4 is 34.9 Å². The molecule has 2 unspecified atom stereocenters.